The molecule has 0 aliphatic rings. The van der Waals surface area contributed by atoms with Gasteiger partial charge in [-0.05, 0) is 25.3 Å². The molecule has 122 valence electrons. The SMILES string of the molecule is CCS(=O)(=O)Nc1nn(C)cc1-c1ccc2cnc(SC)nn12. The third-order valence-corrected chi connectivity index (χ3v) is 5.11. The van der Waals surface area contributed by atoms with Crippen molar-refractivity contribution in [2.24, 2.45) is 7.05 Å². The summed E-state index contributed by atoms with van der Waals surface area (Å²) < 4.78 is 29.6. The summed E-state index contributed by atoms with van der Waals surface area (Å²) in [5.41, 5.74) is 2.24. The van der Waals surface area contributed by atoms with Crippen LogP contribution in [0.25, 0.3) is 16.8 Å². The fourth-order valence-corrected chi connectivity index (χ4v) is 3.07. The number of aromatic nitrogens is 5. The van der Waals surface area contributed by atoms with Crippen molar-refractivity contribution in [3.8, 4) is 11.3 Å². The molecule has 8 nitrogen and oxygen atoms in total. The molecule has 3 heterocycles. The molecule has 0 amide bonds. The quantitative estimate of drug-likeness (QED) is 0.701. The number of anilines is 1. The van der Waals surface area contributed by atoms with E-state index in [1.165, 1.54) is 11.8 Å². The molecule has 0 saturated carbocycles. The fraction of sp³-hybridized carbons (Fsp3) is 0.308. The number of aryl methyl sites for hydroxylation is 1. The third kappa shape index (κ3) is 3.04. The van der Waals surface area contributed by atoms with Crippen molar-refractivity contribution in [3.05, 3.63) is 24.5 Å². The molecule has 0 spiro atoms. The summed E-state index contributed by atoms with van der Waals surface area (Å²) in [5.74, 6) is 0.273. The van der Waals surface area contributed by atoms with E-state index in [1.807, 2.05) is 18.4 Å². The second kappa shape index (κ2) is 5.85. The number of rotatable bonds is 5. The highest BCUT2D eigenvalue weighted by molar-refractivity contribution is 7.98. The van der Waals surface area contributed by atoms with E-state index in [9.17, 15) is 8.42 Å². The Bertz CT molecular complexity index is 960. The van der Waals surface area contributed by atoms with Crippen molar-refractivity contribution >= 4 is 33.1 Å². The zero-order valence-corrected chi connectivity index (χ0v) is 14.5. The van der Waals surface area contributed by atoms with Crippen molar-refractivity contribution in [3.63, 3.8) is 0 Å². The van der Waals surface area contributed by atoms with Crippen LogP contribution in [0.2, 0.25) is 0 Å². The van der Waals surface area contributed by atoms with Crippen LogP contribution in [0, 0.1) is 0 Å². The molecule has 0 aromatic carbocycles. The van der Waals surface area contributed by atoms with Crippen LogP contribution in [0.1, 0.15) is 6.92 Å². The Morgan fingerprint density at radius 3 is 2.78 bits per heavy atom. The first kappa shape index (κ1) is 15.8. The maximum Gasteiger partial charge on any atom is 0.233 e. The van der Waals surface area contributed by atoms with Gasteiger partial charge in [0.15, 0.2) is 5.82 Å². The van der Waals surface area contributed by atoms with Crippen molar-refractivity contribution in [1.29, 1.82) is 0 Å². The molecule has 3 rings (SSSR count). The number of nitrogens with zero attached hydrogens (tertiary/aromatic N) is 5. The van der Waals surface area contributed by atoms with Gasteiger partial charge in [0, 0.05) is 13.2 Å². The number of nitrogens with one attached hydrogen (secondary N) is 1. The summed E-state index contributed by atoms with van der Waals surface area (Å²) in [6.07, 6.45) is 5.39. The Morgan fingerprint density at radius 1 is 1.30 bits per heavy atom. The van der Waals surface area contributed by atoms with Crippen LogP contribution in [0.3, 0.4) is 0 Å². The molecule has 23 heavy (non-hydrogen) atoms. The van der Waals surface area contributed by atoms with Crippen LogP contribution >= 0.6 is 11.8 Å². The molecule has 1 N–H and O–H groups in total. The first-order chi connectivity index (χ1) is 10.9. The number of sulfonamides is 1. The standard InChI is InChI=1S/C13H16N6O2S2/c1-4-23(20,21)17-12-10(8-18(2)15-12)11-6-5-9-7-14-13(22-3)16-19(9)11/h5-8H,4H2,1-3H3,(H,15,17). The molecule has 0 unspecified atom stereocenters. The summed E-state index contributed by atoms with van der Waals surface area (Å²) in [6.45, 7) is 1.58. The minimum atomic E-state index is -3.41. The van der Waals surface area contributed by atoms with E-state index >= 15 is 0 Å². The lowest BCUT2D eigenvalue weighted by Crippen LogP contribution is -2.15. The molecule has 0 radical (unpaired) electrons. The summed E-state index contributed by atoms with van der Waals surface area (Å²) in [6, 6.07) is 3.75. The summed E-state index contributed by atoms with van der Waals surface area (Å²) in [5, 5.41) is 9.30. The van der Waals surface area contributed by atoms with Crippen LogP contribution in [0.5, 0.6) is 0 Å². The van der Waals surface area contributed by atoms with E-state index in [0.29, 0.717) is 16.5 Å². The minimum Gasteiger partial charge on any atom is -0.273 e. The van der Waals surface area contributed by atoms with Gasteiger partial charge >= 0.3 is 0 Å². The fourth-order valence-electron chi connectivity index (χ4n) is 2.15. The van der Waals surface area contributed by atoms with Crippen LogP contribution in [0.4, 0.5) is 5.82 Å². The van der Waals surface area contributed by atoms with E-state index in [0.717, 1.165) is 11.2 Å². The minimum absolute atomic E-state index is 0.0172. The van der Waals surface area contributed by atoms with Crippen LogP contribution < -0.4 is 4.72 Å². The second-order valence-corrected chi connectivity index (χ2v) is 7.66. The highest BCUT2D eigenvalue weighted by Crippen LogP contribution is 2.29. The molecular formula is C13H16N6O2S2. The van der Waals surface area contributed by atoms with Gasteiger partial charge in [0.2, 0.25) is 15.2 Å². The van der Waals surface area contributed by atoms with E-state index in [-0.39, 0.29) is 5.75 Å². The Morgan fingerprint density at radius 2 is 2.09 bits per heavy atom. The topological polar surface area (TPSA) is 94.2 Å². The Balaban J connectivity index is 2.15. The normalized spacial score (nSPS) is 12.0. The first-order valence-corrected chi connectivity index (χ1v) is 9.74. The summed E-state index contributed by atoms with van der Waals surface area (Å²) >= 11 is 1.44. The average Bonchev–Trinajstić information content (AvgIpc) is 3.09. The lowest BCUT2D eigenvalue weighted by atomic mass is 10.2. The van der Waals surface area contributed by atoms with E-state index < -0.39 is 10.0 Å². The van der Waals surface area contributed by atoms with Gasteiger partial charge in [0.1, 0.15) is 0 Å². The first-order valence-electron chi connectivity index (χ1n) is 6.87. The van der Waals surface area contributed by atoms with Gasteiger partial charge in [-0.2, -0.15) is 5.10 Å². The monoisotopic (exact) mass is 352 g/mol. The molecule has 10 heteroatoms. The van der Waals surface area contributed by atoms with Crippen LogP contribution in [0.15, 0.2) is 29.7 Å². The number of thioether (sulfide) groups is 1. The molecule has 3 aromatic heterocycles. The smallest absolute Gasteiger partial charge is 0.233 e. The van der Waals surface area contributed by atoms with E-state index in [1.54, 1.807) is 35.6 Å². The zero-order valence-electron chi connectivity index (χ0n) is 12.9. The summed E-state index contributed by atoms with van der Waals surface area (Å²) in [4.78, 5) is 4.23. The Labute approximate surface area is 138 Å². The average molecular weight is 352 g/mol. The zero-order chi connectivity index (χ0) is 16.6. The van der Waals surface area contributed by atoms with Gasteiger partial charge in [-0.1, -0.05) is 11.8 Å². The maximum atomic E-state index is 11.9. The predicted octanol–water partition coefficient (Wildman–Crippen LogP) is 1.61. The van der Waals surface area contributed by atoms with Crippen molar-refractivity contribution < 1.29 is 8.42 Å². The van der Waals surface area contributed by atoms with Gasteiger partial charge in [0.05, 0.1) is 28.7 Å². The van der Waals surface area contributed by atoms with Gasteiger partial charge in [-0.15, -0.1) is 5.10 Å². The van der Waals surface area contributed by atoms with E-state index in [4.69, 9.17) is 0 Å². The van der Waals surface area contributed by atoms with Crippen LogP contribution in [-0.2, 0) is 17.1 Å². The molecule has 0 aliphatic carbocycles. The van der Waals surface area contributed by atoms with Crippen molar-refractivity contribution in [2.45, 2.75) is 12.1 Å². The largest absolute Gasteiger partial charge is 0.273 e. The third-order valence-electron chi connectivity index (χ3n) is 3.30. The van der Waals surface area contributed by atoms with Gasteiger partial charge < -0.3 is 0 Å². The molecule has 0 aliphatic heterocycles. The van der Waals surface area contributed by atoms with Crippen molar-refractivity contribution in [1.82, 2.24) is 24.4 Å². The molecule has 0 fully saturated rings. The van der Waals surface area contributed by atoms with Crippen LogP contribution in [-0.4, -0.2) is 44.8 Å². The molecule has 3 aromatic rings. The van der Waals surface area contributed by atoms with Gasteiger partial charge in [0.25, 0.3) is 0 Å². The predicted molar refractivity (Wildman–Crippen MR) is 90.1 cm³/mol. The number of hydrogen-bond donors (Lipinski definition) is 1. The Kier molecular flexibility index (Phi) is 4.02. The summed E-state index contributed by atoms with van der Waals surface area (Å²) in [7, 11) is -1.67. The molecular weight excluding hydrogens is 336 g/mol. The maximum absolute atomic E-state index is 11.9. The van der Waals surface area contributed by atoms with E-state index in [2.05, 4.69) is 19.9 Å². The number of fused-ring (bicyclic) bond motifs is 1. The van der Waals surface area contributed by atoms with Crippen molar-refractivity contribution in [2.75, 3.05) is 16.7 Å². The second-order valence-electron chi connectivity index (χ2n) is 4.87. The lowest BCUT2D eigenvalue weighted by Gasteiger charge is -2.06. The number of hydrogen-bond acceptors (Lipinski definition) is 6. The molecule has 0 atom stereocenters. The Hall–Kier alpha value is -2.07. The van der Waals surface area contributed by atoms with Gasteiger partial charge in [-0.25, -0.2) is 17.9 Å². The lowest BCUT2D eigenvalue weighted by molar-refractivity contribution is 0.602. The highest BCUT2D eigenvalue weighted by atomic mass is 32.2. The van der Waals surface area contributed by atoms with Gasteiger partial charge in [-0.3, -0.25) is 9.40 Å². The molecule has 0 saturated heterocycles. The molecule has 0 bridgehead atoms. The highest BCUT2D eigenvalue weighted by Gasteiger charge is 2.18.